The largest absolute Gasteiger partial charge is 0.462 e. The Morgan fingerprint density at radius 1 is 0.895 bits per heavy atom. The molecule has 0 aliphatic rings. The number of H-pyrrole nitrogens is 1. The molecule has 0 amide bonds. The van der Waals surface area contributed by atoms with Gasteiger partial charge in [-0.1, -0.05) is 92.2 Å². The Bertz CT molecular complexity index is 1490. The summed E-state index contributed by atoms with van der Waals surface area (Å²) in [6.07, 6.45) is 2.52. The molecule has 192 valence electrons. The first-order valence-electron chi connectivity index (χ1n) is 12.9. The van der Waals surface area contributed by atoms with Crippen LogP contribution in [0.3, 0.4) is 0 Å². The van der Waals surface area contributed by atoms with Crippen molar-refractivity contribution in [2.75, 3.05) is 6.61 Å². The minimum atomic E-state index is -0.338. The van der Waals surface area contributed by atoms with Gasteiger partial charge in [-0.25, -0.2) is 4.79 Å². The number of nitrogens with one attached hydrogen (secondary N) is 1. The Labute approximate surface area is 221 Å². The van der Waals surface area contributed by atoms with Crippen LogP contribution in [0.15, 0.2) is 78.9 Å². The first-order chi connectivity index (χ1) is 18.7. The molecular formula is C30H30N6O2. The molecule has 1 N–H and O–H groups in total. The van der Waals surface area contributed by atoms with E-state index < -0.39 is 0 Å². The maximum Gasteiger partial charge on any atom is 0.342 e. The van der Waals surface area contributed by atoms with Crippen molar-refractivity contribution in [2.45, 2.75) is 39.7 Å². The summed E-state index contributed by atoms with van der Waals surface area (Å²) in [5.41, 5.74) is 7.05. The number of tetrazole rings is 1. The molecule has 0 aliphatic carbocycles. The lowest BCUT2D eigenvalue weighted by Crippen LogP contribution is -2.09. The molecule has 3 aromatic carbocycles. The fraction of sp³-hybridized carbons (Fsp3) is 0.233. The number of hydrogen-bond acceptors (Lipinski definition) is 6. The van der Waals surface area contributed by atoms with E-state index >= 15 is 0 Å². The zero-order valence-electron chi connectivity index (χ0n) is 21.6. The average Bonchev–Trinajstić information content (AvgIpc) is 3.62. The normalized spacial score (nSPS) is 11.0. The van der Waals surface area contributed by atoms with Crippen LogP contribution in [0.25, 0.3) is 33.8 Å². The van der Waals surface area contributed by atoms with Crippen molar-refractivity contribution in [3.8, 4) is 33.8 Å². The summed E-state index contributed by atoms with van der Waals surface area (Å²) < 4.78 is 7.47. The second kappa shape index (κ2) is 11.6. The fourth-order valence-corrected chi connectivity index (χ4v) is 4.61. The summed E-state index contributed by atoms with van der Waals surface area (Å²) in [5.74, 6) is 0.213. The number of aromatic amines is 1. The SMILES string of the molecule is CCCCn1nc(Cc2ccc(-c3ccccc3-c3nn[nH]n3)cc2)c(C(=O)OCC)c1-c1ccccc1. The van der Waals surface area contributed by atoms with Gasteiger partial charge in [-0.15, -0.1) is 10.2 Å². The van der Waals surface area contributed by atoms with Crippen LogP contribution in [0, 0.1) is 0 Å². The van der Waals surface area contributed by atoms with Crippen molar-refractivity contribution in [3.63, 3.8) is 0 Å². The van der Waals surface area contributed by atoms with Crippen molar-refractivity contribution in [3.05, 3.63) is 95.7 Å². The molecule has 8 nitrogen and oxygen atoms in total. The molecule has 2 heterocycles. The van der Waals surface area contributed by atoms with E-state index in [0.29, 0.717) is 24.4 Å². The van der Waals surface area contributed by atoms with Crippen molar-refractivity contribution < 1.29 is 9.53 Å². The number of nitrogens with zero attached hydrogens (tertiary/aromatic N) is 5. The van der Waals surface area contributed by atoms with Crippen molar-refractivity contribution in [1.29, 1.82) is 0 Å². The number of ether oxygens (including phenoxy) is 1. The number of carbonyl (C=O) groups excluding carboxylic acids is 1. The van der Waals surface area contributed by atoms with E-state index in [-0.39, 0.29) is 5.97 Å². The first-order valence-corrected chi connectivity index (χ1v) is 12.9. The number of benzene rings is 3. The Hall–Kier alpha value is -4.59. The highest BCUT2D eigenvalue weighted by Crippen LogP contribution is 2.32. The molecule has 5 aromatic rings. The second-order valence-electron chi connectivity index (χ2n) is 8.99. The van der Waals surface area contributed by atoms with Crippen molar-refractivity contribution >= 4 is 5.97 Å². The van der Waals surface area contributed by atoms with E-state index in [9.17, 15) is 4.79 Å². The summed E-state index contributed by atoms with van der Waals surface area (Å²) in [6.45, 7) is 5.02. The molecule has 0 saturated carbocycles. The Kier molecular flexibility index (Phi) is 7.68. The Morgan fingerprint density at radius 2 is 1.63 bits per heavy atom. The van der Waals surface area contributed by atoms with Gasteiger partial charge in [0.05, 0.1) is 18.0 Å². The van der Waals surface area contributed by atoms with Gasteiger partial charge in [0, 0.05) is 24.1 Å². The van der Waals surface area contributed by atoms with Crippen LogP contribution in [-0.2, 0) is 17.7 Å². The lowest BCUT2D eigenvalue weighted by molar-refractivity contribution is 0.0526. The molecular weight excluding hydrogens is 476 g/mol. The van der Waals surface area contributed by atoms with Gasteiger partial charge < -0.3 is 4.74 Å². The van der Waals surface area contributed by atoms with Crippen LogP contribution in [0.1, 0.15) is 48.3 Å². The highest BCUT2D eigenvalue weighted by atomic mass is 16.5. The van der Waals surface area contributed by atoms with Crippen molar-refractivity contribution in [2.24, 2.45) is 0 Å². The van der Waals surface area contributed by atoms with Crippen LogP contribution in [0.2, 0.25) is 0 Å². The minimum Gasteiger partial charge on any atom is -0.462 e. The number of aryl methyl sites for hydroxylation is 1. The minimum absolute atomic E-state index is 0.307. The van der Waals surface area contributed by atoms with Crippen LogP contribution in [-0.4, -0.2) is 43.0 Å². The number of rotatable bonds is 10. The predicted molar refractivity (Wildman–Crippen MR) is 146 cm³/mol. The van der Waals surface area contributed by atoms with E-state index in [1.54, 1.807) is 0 Å². The van der Waals surface area contributed by atoms with Gasteiger partial charge >= 0.3 is 5.97 Å². The Morgan fingerprint density at radius 3 is 2.32 bits per heavy atom. The second-order valence-corrected chi connectivity index (χ2v) is 8.99. The standard InChI is InChI=1S/C30H30N6O2/c1-3-5-19-36-28(23-11-7-6-8-12-23)27(30(37)38-4-2)26(33-36)20-21-15-17-22(18-16-21)24-13-9-10-14-25(24)29-31-34-35-32-29/h6-18H,3-5,19-20H2,1-2H3,(H,31,32,34,35). The molecule has 0 bridgehead atoms. The maximum atomic E-state index is 13.2. The monoisotopic (exact) mass is 506 g/mol. The summed E-state index contributed by atoms with van der Waals surface area (Å²) in [7, 11) is 0. The number of unbranched alkanes of at least 4 members (excludes halogenated alkanes) is 1. The van der Waals surface area contributed by atoms with E-state index in [1.807, 2.05) is 66.2 Å². The third-order valence-corrected chi connectivity index (χ3v) is 6.42. The third-order valence-electron chi connectivity index (χ3n) is 6.42. The first kappa shape index (κ1) is 25.1. The van der Waals surface area contributed by atoms with E-state index in [1.165, 1.54) is 0 Å². The van der Waals surface area contributed by atoms with Crippen LogP contribution in [0.5, 0.6) is 0 Å². The topological polar surface area (TPSA) is 98.6 Å². The smallest absolute Gasteiger partial charge is 0.342 e. The molecule has 0 aliphatic heterocycles. The maximum absolute atomic E-state index is 13.2. The number of esters is 1. The molecule has 0 fully saturated rings. The van der Waals surface area contributed by atoms with E-state index in [4.69, 9.17) is 9.84 Å². The van der Waals surface area contributed by atoms with Crippen LogP contribution in [0.4, 0.5) is 0 Å². The van der Waals surface area contributed by atoms with Gasteiger partial charge in [0.15, 0.2) is 0 Å². The van der Waals surface area contributed by atoms with Gasteiger partial charge in [-0.2, -0.15) is 10.3 Å². The summed E-state index contributed by atoms with van der Waals surface area (Å²) in [6, 6.07) is 26.2. The lowest BCUT2D eigenvalue weighted by atomic mass is 9.96. The third kappa shape index (κ3) is 5.25. The van der Waals surface area contributed by atoms with E-state index in [0.717, 1.165) is 58.6 Å². The summed E-state index contributed by atoms with van der Waals surface area (Å²) >= 11 is 0. The van der Waals surface area contributed by atoms with Gasteiger partial charge in [0.2, 0.25) is 5.82 Å². The summed E-state index contributed by atoms with van der Waals surface area (Å²) in [5, 5.41) is 19.4. The van der Waals surface area contributed by atoms with E-state index in [2.05, 4.69) is 51.8 Å². The molecule has 0 atom stereocenters. The average molecular weight is 507 g/mol. The highest BCUT2D eigenvalue weighted by molar-refractivity contribution is 5.97. The number of carbonyl (C=O) groups is 1. The van der Waals surface area contributed by atoms with Gasteiger partial charge in [0.1, 0.15) is 5.56 Å². The zero-order valence-corrected chi connectivity index (χ0v) is 21.6. The fourth-order valence-electron chi connectivity index (χ4n) is 4.61. The highest BCUT2D eigenvalue weighted by Gasteiger charge is 2.26. The molecule has 2 aromatic heterocycles. The van der Waals surface area contributed by atoms with Crippen molar-refractivity contribution in [1.82, 2.24) is 30.4 Å². The molecule has 0 spiro atoms. The van der Waals surface area contributed by atoms with Gasteiger partial charge in [-0.05, 0) is 35.2 Å². The summed E-state index contributed by atoms with van der Waals surface area (Å²) in [4.78, 5) is 13.2. The number of hydrogen-bond donors (Lipinski definition) is 1. The Balaban J connectivity index is 1.51. The molecule has 0 saturated heterocycles. The molecule has 0 unspecified atom stereocenters. The molecule has 5 rings (SSSR count). The van der Waals surface area contributed by atoms with Crippen LogP contribution < -0.4 is 0 Å². The number of aromatic nitrogens is 6. The van der Waals surface area contributed by atoms with Gasteiger partial charge in [-0.3, -0.25) is 4.68 Å². The zero-order chi connectivity index (χ0) is 26.3. The van der Waals surface area contributed by atoms with Gasteiger partial charge in [0.25, 0.3) is 0 Å². The van der Waals surface area contributed by atoms with Crippen LogP contribution >= 0.6 is 0 Å². The quantitative estimate of drug-likeness (QED) is 0.235. The molecule has 0 radical (unpaired) electrons. The molecule has 8 heteroatoms. The lowest BCUT2D eigenvalue weighted by Gasteiger charge is -2.10. The molecule has 38 heavy (non-hydrogen) atoms. The predicted octanol–water partition coefficient (Wildman–Crippen LogP) is 5.96.